The Morgan fingerprint density at radius 1 is 1.03 bits per heavy atom. The molecule has 154 valence electrons. The highest BCUT2D eigenvalue weighted by molar-refractivity contribution is 5.89. The van der Waals surface area contributed by atoms with Crippen molar-refractivity contribution in [3.05, 3.63) is 65.2 Å². The number of nitrogens with one attached hydrogen (secondary N) is 1. The molecule has 1 aliphatic rings. The van der Waals surface area contributed by atoms with E-state index in [1.54, 1.807) is 31.4 Å². The number of carbonyl (C=O) groups excluding carboxylic acids is 1. The SMILES string of the molecule is COc1ccc(C2(CNC(=O)CCc3ccccc3C(=O)O)CCCCC2)cc1. The first-order valence-corrected chi connectivity index (χ1v) is 10.3. The molecule has 0 saturated heterocycles. The van der Waals surface area contributed by atoms with Crippen LogP contribution in [0.5, 0.6) is 5.75 Å². The molecule has 0 spiro atoms. The Hall–Kier alpha value is -2.82. The van der Waals surface area contributed by atoms with Gasteiger partial charge in [-0.15, -0.1) is 0 Å². The van der Waals surface area contributed by atoms with Crippen molar-refractivity contribution in [2.75, 3.05) is 13.7 Å². The van der Waals surface area contributed by atoms with E-state index in [1.807, 2.05) is 12.1 Å². The molecule has 1 amide bonds. The van der Waals surface area contributed by atoms with Crippen molar-refractivity contribution < 1.29 is 19.4 Å². The van der Waals surface area contributed by atoms with Crippen LogP contribution in [0.2, 0.25) is 0 Å². The molecule has 1 aliphatic carbocycles. The standard InChI is InChI=1S/C24H29NO4/c1-29-20-12-10-19(11-13-20)24(15-5-2-6-16-24)17-25-22(26)14-9-18-7-3-4-8-21(18)23(27)28/h3-4,7-8,10-13H,2,5-6,9,14-17H2,1H3,(H,25,26)(H,27,28). The molecule has 1 fully saturated rings. The number of carboxylic acids is 1. The van der Waals surface area contributed by atoms with Crippen LogP contribution in [0.3, 0.4) is 0 Å². The Morgan fingerprint density at radius 2 is 1.72 bits per heavy atom. The van der Waals surface area contributed by atoms with Gasteiger partial charge in [0.25, 0.3) is 0 Å². The lowest BCUT2D eigenvalue weighted by Crippen LogP contribution is -2.42. The number of amides is 1. The van der Waals surface area contributed by atoms with Crippen LogP contribution < -0.4 is 10.1 Å². The van der Waals surface area contributed by atoms with E-state index in [1.165, 1.54) is 12.0 Å². The van der Waals surface area contributed by atoms with Crippen LogP contribution in [-0.4, -0.2) is 30.6 Å². The number of aryl methyl sites for hydroxylation is 1. The molecule has 29 heavy (non-hydrogen) atoms. The van der Waals surface area contributed by atoms with Gasteiger partial charge in [0, 0.05) is 18.4 Å². The Kier molecular flexibility index (Phi) is 6.91. The van der Waals surface area contributed by atoms with Crippen LogP contribution >= 0.6 is 0 Å². The number of carbonyl (C=O) groups is 2. The summed E-state index contributed by atoms with van der Waals surface area (Å²) in [6.45, 7) is 0.610. The zero-order valence-corrected chi connectivity index (χ0v) is 16.9. The summed E-state index contributed by atoms with van der Waals surface area (Å²) in [7, 11) is 1.66. The summed E-state index contributed by atoms with van der Waals surface area (Å²) >= 11 is 0. The molecule has 0 heterocycles. The van der Waals surface area contributed by atoms with E-state index in [0.29, 0.717) is 18.5 Å². The highest BCUT2D eigenvalue weighted by atomic mass is 16.5. The third-order valence-electron chi connectivity index (χ3n) is 6.01. The second kappa shape index (κ2) is 9.59. The summed E-state index contributed by atoms with van der Waals surface area (Å²) in [5, 5.41) is 12.4. The van der Waals surface area contributed by atoms with E-state index < -0.39 is 5.97 Å². The fourth-order valence-electron chi connectivity index (χ4n) is 4.29. The molecule has 0 aliphatic heterocycles. The molecule has 5 heteroatoms. The average Bonchev–Trinajstić information content (AvgIpc) is 2.77. The third kappa shape index (κ3) is 5.17. The van der Waals surface area contributed by atoms with Gasteiger partial charge in [-0.3, -0.25) is 4.79 Å². The number of aromatic carboxylic acids is 1. The summed E-state index contributed by atoms with van der Waals surface area (Å²) in [5.41, 5.74) is 2.16. The van der Waals surface area contributed by atoms with Crippen LogP contribution in [-0.2, 0) is 16.6 Å². The number of hydrogen-bond acceptors (Lipinski definition) is 3. The fourth-order valence-corrected chi connectivity index (χ4v) is 4.29. The molecule has 3 rings (SSSR count). The predicted molar refractivity (Wildman–Crippen MR) is 112 cm³/mol. The van der Waals surface area contributed by atoms with Crippen LogP contribution in [0, 0.1) is 0 Å². The number of hydrogen-bond donors (Lipinski definition) is 2. The number of rotatable bonds is 8. The maximum atomic E-state index is 12.5. The van der Waals surface area contributed by atoms with Crippen LogP contribution in [0.15, 0.2) is 48.5 Å². The van der Waals surface area contributed by atoms with Gasteiger partial charge in [0.05, 0.1) is 12.7 Å². The molecule has 0 unspecified atom stereocenters. The van der Waals surface area contributed by atoms with Crippen molar-refractivity contribution in [1.29, 1.82) is 0 Å². The molecular weight excluding hydrogens is 366 g/mol. The lowest BCUT2D eigenvalue weighted by molar-refractivity contribution is -0.121. The zero-order chi connectivity index (χ0) is 20.7. The number of benzene rings is 2. The molecule has 1 saturated carbocycles. The van der Waals surface area contributed by atoms with Gasteiger partial charge in [-0.2, -0.15) is 0 Å². The van der Waals surface area contributed by atoms with Gasteiger partial charge >= 0.3 is 5.97 Å². The van der Waals surface area contributed by atoms with Crippen molar-refractivity contribution >= 4 is 11.9 Å². The Labute approximate surface area is 172 Å². The van der Waals surface area contributed by atoms with Crippen molar-refractivity contribution in [2.45, 2.75) is 50.4 Å². The Bertz CT molecular complexity index is 838. The first kappa shape index (κ1) is 20.9. The maximum absolute atomic E-state index is 12.5. The first-order chi connectivity index (χ1) is 14.0. The number of carboxylic acid groups (broad SMARTS) is 1. The highest BCUT2D eigenvalue weighted by Crippen LogP contribution is 2.39. The molecule has 0 bridgehead atoms. The predicted octanol–water partition coefficient (Wildman–Crippen LogP) is 4.34. The fraction of sp³-hybridized carbons (Fsp3) is 0.417. The molecule has 0 radical (unpaired) electrons. The van der Waals surface area contributed by atoms with Crippen LogP contribution in [0.25, 0.3) is 0 Å². The van der Waals surface area contributed by atoms with Gasteiger partial charge in [-0.1, -0.05) is 49.6 Å². The Balaban J connectivity index is 1.63. The minimum absolute atomic E-state index is 0.0383. The largest absolute Gasteiger partial charge is 0.497 e. The molecule has 2 aromatic carbocycles. The molecule has 0 aromatic heterocycles. The molecule has 0 atom stereocenters. The summed E-state index contributed by atoms with van der Waals surface area (Å²) < 4.78 is 5.28. The monoisotopic (exact) mass is 395 g/mol. The van der Waals surface area contributed by atoms with Gasteiger partial charge in [0.15, 0.2) is 0 Å². The molecule has 2 aromatic rings. The minimum Gasteiger partial charge on any atom is -0.497 e. The second-order valence-corrected chi connectivity index (χ2v) is 7.81. The van der Waals surface area contributed by atoms with E-state index in [4.69, 9.17) is 4.74 Å². The summed E-state index contributed by atoms with van der Waals surface area (Å²) in [6, 6.07) is 15.0. The third-order valence-corrected chi connectivity index (χ3v) is 6.01. The van der Waals surface area contributed by atoms with E-state index in [0.717, 1.165) is 31.4 Å². The van der Waals surface area contributed by atoms with Crippen molar-refractivity contribution in [3.63, 3.8) is 0 Å². The summed E-state index contributed by atoms with van der Waals surface area (Å²) in [4.78, 5) is 23.9. The quantitative estimate of drug-likeness (QED) is 0.697. The van der Waals surface area contributed by atoms with Gasteiger partial charge in [0.2, 0.25) is 5.91 Å². The van der Waals surface area contributed by atoms with Crippen molar-refractivity contribution in [3.8, 4) is 5.75 Å². The Morgan fingerprint density at radius 3 is 2.38 bits per heavy atom. The van der Waals surface area contributed by atoms with Gasteiger partial charge in [-0.25, -0.2) is 4.79 Å². The molecule has 2 N–H and O–H groups in total. The summed E-state index contributed by atoms with van der Waals surface area (Å²) in [5.74, 6) is -0.161. The molecular formula is C24H29NO4. The minimum atomic E-state index is -0.957. The number of methoxy groups -OCH3 is 1. The summed E-state index contributed by atoms with van der Waals surface area (Å²) in [6.07, 6.45) is 6.37. The van der Waals surface area contributed by atoms with E-state index in [9.17, 15) is 14.7 Å². The lowest BCUT2D eigenvalue weighted by Gasteiger charge is -2.38. The van der Waals surface area contributed by atoms with E-state index in [-0.39, 0.29) is 23.3 Å². The normalized spacial score (nSPS) is 15.5. The number of ether oxygens (including phenoxy) is 1. The lowest BCUT2D eigenvalue weighted by atomic mass is 9.69. The highest BCUT2D eigenvalue weighted by Gasteiger charge is 2.34. The zero-order valence-electron chi connectivity index (χ0n) is 16.9. The van der Waals surface area contributed by atoms with E-state index in [2.05, 4.69) is 17.4 Å². The van der Waals surface area contributed by atoms with Crippen molar-refractivity contribution in [2.24, 2.45) is 0 Å². The van der Waals surface area contributed by atoms with Crippen LogP contribution in [0.4, 0.5) is 0 Å². The van der Waals surface area contributed by atoms with E-state index >= 15 is 0 Å². The maximum Gasteiger partial charge on any atom is 0.335 e. The first-order valence-electron chi connectivity index (χ1n) is 10.3. The second-order valence-electron chi connectivity index (χ2n) is 7.81. The van der Waals surface area contributed by atoms with Crippen molar-refractivity contribution in [1.82, 2.24) is 5.32 Å². The van der Waals surface area contributed by atoms with Crippen LogP contribution in [0.1, 0.15) is 60.0 Å². The van der Waals surface area contributed by atoms with Gasteiger partial charge < -0.3 is 15.2 Å². The molecule has 5 nitrogen and oxygen atoms in total. The van der Waals surface area contributed by atoms with Gasteiger partial charge in [-0.05, 0) is 48.6 Å². The smallest absolute Gasteiger partial charge is 0.335 e. The average molecular weight is 395 g/mol. The van der Waals surface area contributed by atoms with Gasteiger partial charge in [0.1, 0.15) is 5.75 Å². The topological polar surface area (TPSA) is 75.6 Å².